The van der Waals surface area contributed by atoms with E-state index in [1.165, 1.54) is 0 Å². The number of aromatic amines is 1. The SMILES string of the molecule is ONc1c(Br)c(Br)cc2[nH]c(N3CCCNCC3)nc12. The van der Waals surface area contributed by atoms with E-state index in [4.69, 9.17) is 0 Å². The van der Waals surface area contributed by atoms with Gasteiger partial charge >= 0.3 is 0 Å². The molecule has 108 valence electrons. The van der Waals surface area contributed by atoms with Gasteiger partial charge in [0.15, 0.2) is 0 Å². The summed E-state index contributed by atoms with van der Waals surface area (Å²) in [5, 5.41) is 12.7. The molecule has 0 aliphatic carbocycles. The van der Waals surface area contributed by atoms with E-state index in [-0.39, 0.29) is 0 Å². The lowest BCUT2D eigenvalue weighted by Crippen LogP contribution is -2.28. The molecule has 8 heteroatoms. The Labute approximate surface area is 133 Å². The Bertz CT molecular complexity index is 622. The molecule has 0 radical (unpaired) electrons. The number of hydrogen-bond donors (Lipinski definition) is 4. The van der Waals surface area contributed by atoms with Crippen molar-refractivity contribution >= 4 is 54.5 Å². The predicted molar refractivity (Wildman–Crippen MR) is 86.6 cm³/mol. The minimum atomic E-state index is 0.560. The van der Waals surface area contributed by atoms with Crippen LogP contribution in [0.25, 0.3) is 11.0 Å². The zero-order chi connectivity index (χ0) is 14.1. The number of nitrogens with zero attached hydrogens (tertiary/aromatic N) is 2. The van der Waals surface area contributed by atoms with E-state index in [0.717, 1.165) is 58.5 Å². The van der Waals surface area contributed by atoms with E-state index in [1.807, 2.05) is 6.07 Å². The number of halogens is 2. The van der Waals surface area contributed by atoms with Crippen LogP contribution in [0.5, 0.6) is 0 Å². The topological polar surface area (TPSA) is 76.2 Å². The number of aromatic nitrogens is 2. The Morgan fingerprint density at radius 3 is 2.95 bits per heavy atom. The average Bonchev–Trinajstić information content (AvgIpc) is 2.68. The van der Waals surface area contributed by atoms with Crippen LogP contribution in [0.4, 0.5) is 11.6 Å². The van der Waals surface area contributed by atoms with Crippen LogP contribution in [-0.4, -0.2) is 41.4 Å². The number of benzene rings is 1. The van der Waals surface area contributed by atoms with Crippen molar-refractivity contribution in [3.63, 3.8) is 0 Å². The Morgan fingerprint density at radius 1 is 1.30 bits per heavy atom. The summed E-state index contributed by atoms with van der Waals surface area (Å²) in [6.45, 7) is 3.88. The summed E-state index contributed by atoms with van der Waals surface area (Å²) < 4.78 is 1.61. The largest absolute Gasteiger partial charge is 0.341 e. The molecule has 0 unspecified atom stereocenters. The monoisotopic (exact) mass is 403 g/mol. The molecule has 2 aromatic rings. The van der Waals surface area contributed by atoms with E-state index in [2.05, 4.69) is 57.5 Å². The first-order valence-corrected chi connectivity index (χ1v) is 8.03. The number of H-pyrrole nitrogens is 1. The molecular weight excluding hydrogens is 390 g/mol. The first-order chi connectivity index (χ1) is 9.70. The molecule has 3 rings (SSSR count). The fraction of sp³-hybridized carbons (Fsp3) is 0.417. The molecule has 1 aromatic heterocycles. The Kier molecular flexibility index (Phi) is 4.16. The van der Waals surface area contributed by atoms with Gasteiger partial charge in [-0.25, -0.2) is 4.98 Å². The first-order valence-electron chi connectivity index (χ1n) is 6.44. The average molecular weight is 405 g/mol. The van der Waals surface area contributed by atoms with Gasteiger partial charge in [0.2, 0.25) is 5.95 Å². The molecule has 1 saturated heterocycles. The number of fused-ring (bicyclic) bond motifs is 1. The van der Waals surface area contributed by atoms with Gasteiger partial charge in [-0.2, -0.15) is 0 Å². The third kappa shape index (κ3) is 2.52. The zero-order valence-corrected chi connectivity index (χ0v) is 13.9. The van der Waals surface area contributed by atoms with Crippen LogP contribution in [-0.2, 0) is 0 Å². The van der Waals surface area contributed by atoms with Crippen molar-refractivity contribution < 1.29 is 5.21 Å². The van der Waals surface area contributed by atoms with Gasteiger partial charge in [-0.05, 0) is 50.9 Å². The van der Waals surface area contributed by atoms with Crippen molar-refractivity contribution in [2.45, 2.75) is 6.42 Å². The number of nitrogens with one attached hydrogen (secondary N) is 3. The molecule has 1 aliphatic heterocycles. The van der Waals surface area contributed by atoms with Gasteiger partial charge in [-0.15, -0.1) is 0 Å². The van der Waals surface area contributed by atoms with Crippen molar-refractivity contribution in [1.82, 2.24) is 15.3 Å². The minimum Gasteiger partial charge on any atom is -0.341 e. The van der Waals surface area contributed by atoms with E-state index in [1.54, 1.807) is 0 Å². The smallest absolute Gasteiger partial charge is 0.203 e. The molecule has 1 fully saturated rings. The summed E-state index contributed by atoms with van der Waals surface area (Å²) in [7, 11) is 0. The zero-order valence-electron chi connectivity index (χ0n) is 10.7. The number of rotatable bonds is 2. The maximum Gasteiger partial charge on any atom is 0.203 e. The summed E-state index contributed by atoms with van der Waals surface area (Å²) >= 11 is 6.89. The molecule has 0 saturated carbocycles. The van der Waals surface area contributed by atoms with Crippen molar-refractivity contribution in [1.29, 1.82) is 0 Å². The first kappa shape index (κ1) is 14.1. The third-order valence-electron chi connectivity index (χ3n) is 3.41. The second-order valence-corrected chi connectivity index (χ2v) is 6.35. The lowest BCUT2D eigenvalue weighted by Gasteiger charge is -2.18. The van der Waals surface area contributed by atoms with Gasteiger partial charge in [0.25, 0.3) is 0 Å². The normalized spacial score (nSPS) is 16.4. The second kappa shape index (κ2) is 5.88. The van der Waals surface area contributed by atoms with Gasteiger partial charge in [0.1, 0.15) is 11.2 Å². The van der Waals surface area contributed by atoms with Crippen LogP contribution in [0.1, 0.15) is 6.42 Å². The van der Waals surface area contributed by atoms with Gasteiger partial charge in [0, 0.05) is 24.1 Å². The molecule has 2 heterocycles. The summed E-state index contributed by atoms with van der Waals surface area (Å²) in [6.07, 6.45) is 1.09. The fourth-order valence-corrected chi connectivity index (χ4v) is 3.21. The van der Waals surface area contributed by atoms with Crippen molar-refractivity contribution in [3.8, 4) is 0 Å². The number of imidazole rings is 1. The standard InChI is InChI=1S/C12H15Br2N5O/c13-7-6-8-10(11(18-20)9(7)14)17-12(16-8)19-4-1-2-15-3-5-19/h6,15,18,20H,1-5H2,(H,16,17). The highest BCUT2D eigenvalue weighted by molar-refractivity contribution is 9.13. The maximum absolute atomic E-state index is 9.33. The maximum atomic E-state index is 9.33. The molecule has 1 aromatic carbocycles. The molecule has 6 nitrogen and oxygen atoms in total. The van der Waals surface area contributed by atoms with Crippen LogP contribution < -0.4 is 15.7 Å². The van der Waals surface area contributed by atoms with Gasteiger partial charge in [-0.1, -0.05) is 0 Å². The highest BCUT2D eigenvalue weighted by Gasteiger charge is 2.17. The molecule has 0 spiro atoms. The minimum absolute atomic E-state index is 0.560. The Morgan fingerprint density at radius 2 is 2.15 bits per heavy atom. The van der Waals surface area contributed by atoms with E-state index >= 15 is 0 Å². The molecule has 0 bridgehead atoms. The summed E-state index contributed by atoms with van der Waals surface area (Å²) in [5.41, 5.74) is 4.37. The van der Waals surface area contributed by atoms with Gasteiger partial charge < -0.3 is 15.2 Å². The second-order valence-electron chi connectivity index (χ2n) is 4.71. The Balaban J connectivity index is 2.05. The predicted octanol–water partition coefficient (Wildman–Crippen LogP) is 2.69. The quantitative estimate of drug-likeness (QED) is 0.579. The molecule has 4 N–H and O–H groups in total. The third-order valence-corrected chi connectivity index (χ3v) is 5.39. The molecule has 0 atom stereocenters. The van der Waals surface area contributed by atoms with Crippen LogP contribution in [0.2, 0.25) is 0 Å². The summed E-state index contributed by atoms with van der Waals surface area (Å²) in [5.74, 6) is 0.838. The number of anilines is 2. The van der Waals surface area contributed by atoms with Crippen molar-refractivity contribution in [2.75, 3.05) is 36.6 Å². The molecule has 20 heavy (non-hydrogen) atoms. The summed E-state index contributed by atoms with van der Waals surface area (Å²) in [4.78, 5) is 10.2. The van der Waals surface area contributed by atoms with E-state index in [0.29, 0.717) is 5.69 Å². The molecule has 1 aliphatic rings. The van der Waals surface area contributed by atoms with Gasteiger partial charge in [-0.3, -0.25) is 10.7 Å². The molecule has 0 amide bonds. The van der Waals surface area contributed by atoms with Crippen LogP contribution in [0.15, 0.2) is 15.0 Å². The van der Waals surface area contributed by atoms with E-state index < -0.39 is 0 Å². The highest BCUT2D eigenvalue weighted by Crippen LogP contribution is 2.37. The van der Waals surface area contributed by atoms with Crippen molar-refractivity contribution in [3.05, 3.63) is 15.0 Å². The van der Waals surface area contributed by atoms with Crippen LogP contribution >= 0.6 is 31.9 Å². The lowest BCUT2D eigenvalue weighted by molar-refractivity contribution is 0.389. The molecular formula is C12H15Br2N5O. The lowest BCUT2D eigenvalue weighted by atomic mass is 10.3. The van der Waals surface area contributed by atoms with Gasteiger partial charge in [0.05, 0.1) is 9.99 Å². The summed E-state index contributed by atoms with van der Waals surface area (Å²) in [6, 6.07) is 1.95. The Hall–Kier alpha value is -0.830. The van der Waals surface area contributed by atoms with Crippen molar-refractivity contribution in [2.24, 2.45) is 0 Å². The number of hydrogen-bond acceptors (Lipinski definition) is 5. The highest BCUT2D eigenvalue weighted by atomic mass is 79.9. The van der Waals surface area contributed by atoms with Crippen LogP contribution in [0, 0.1) is 0 Å². The fourth-order valence-electron chi connectivity index (χ4n) is 2.39. The van der Waals surface area contributed by atoms with Crippen LogP contribution in [0.3, 0.4) is 0 Å². The van der Waals surface area contributed by atoms with E-state index in [9.17, 15) is 5.21 Å².